The van der Waals surface area contributed by atoms with Crippen molar-refractivity contribution in [2.45, 2.75) is 50.5 Å². The van der Waals surface area contributed by atoms with E-state index in [1.807, 2.05) is 12.4 Å². The summed E-state index contributed by atoms with van der Waals surface area (Å²) in [6, 6.07) is 11.0. The van der Waals surface area contributed by atoms with Gasteiger partial charge in [0.1, 0.15) is 5.60 Å². The molecule has 4 nitrogen and oxygen atoms in total. The lowest BCUT2D eigenvalue weighted by molar-refractivity contribution is -0.127. The summed E-state index contributed by atoms with van der Waals surface area (Å²) < 4.78 is 0. The van der Waals surface area contributed by atoms with Crippen LogP contribution in [0.2, 0.25) is 0 Å². The molecule has 1 aromatic carbocycles. The van der Waals surface area contributed by atoms with Gasteiger partial charge in [-0.25, -0.2) is 0 Å². The van der Waals surface area contributed by atoms with Gasteiger partial charge in [0.05, 0.1) is 11.9 Å². The topological polar surface area (TPSA) is 39.6 Å². The summed E-state index contributed by atoms with van der Waals surface area (Å²) in [6.45, 7) is 8.45. The fraction of sp³-hybridized carbons (Fsp3) is 0.560. The third-order valence-corrected chi connectivity index (χ3v) is 7.72. The minimum absolute atomic E-state index is 0.238. The highest BCUT2D eigenvalue weighted by molar-refractivity contribution is 5.51. The van der Waals surface area contributed by atoms with Crippen LogP contribution in [0.1, 0.15) is 56.2 Å². The van der Waals surface area contributed by atoms with Crippen molar-refractivity contribution in [1.29, 1.82) is 0 Å². The van der Waals surface area contributed by atoms with Gasteiger partial charge in [0.15, 0.2) is 0 Å². The molecule has 3 fully saturated rings. The van der Waals surface area contributed by atoms with Crippen LogP contribution >= 0.6 is 0 Å². The second-order valence-electron chi connectivity index (χ2n) is 10.2. The molecule has 3 heterocycles. The van der Waals surface area contributed by atoms with Crippen LogP contribution in [0, 0.1) is 5.41 Å². The summed E-state index contributed by atoms with van der Waals surface area (Å²) in [5.74, 6) is 0. The van der Waals surface area contributed by atoms with Gasteiger partial charge in [0.25, 0.3) is 0 Å². The normalized spacial score (nSPS) is 24.8. The van der Waals surface area contributed by atoms with Crippen LogP contribution < -0.4 is 4.90 Å². The molecule has 1 atom stereocenters. The molecule has 5 rings (SSSR count). The molecule has 29 heavy (non-hydrogen) atoms. The number of hydrogen-bond donors (Lipinski definition) is 1. The average Bonchev–Trinajstić information content (AvgIpc) is 3.23. The first-order valence-electron chi connectivity index (χ1n) is 11.1. The van der Waals surface area contributed by atoms with E-state index in [9.17, 15) is 5.11 Å². The van der Waals surface area contributed by atoms with Crippen molar-refractivity contribution in [2.75, 3.05) is 38.1 Å². The average molecular weight is 392 g/mol. The predicted octanol–water partition coefficient (Wildman–Crippen LogP) is 3.92. The molecular weight excluding hydrogens is 358 g/mol. The lowest BCUT2D eigenvalue weighted by Crippen LogP contribution is -2.63. The first-order valence-corrected chi connectivity index (χ1v) is 11.1. The van der Waals surface area contributed by atoms with E-state index in [0.29, 0.717) is 5.41 Å². The molecule has 1 aromatic heterocycles. The Labute approximate surface area is 174 Å². The Bertz CT molecular complexity index is 893. The molecule has 0 bridgehead atoms. The predicted molar refractivity (Wildman–Crippen MR) is 117 cm³/mol. The molecule has 4 heteroatoms. The molecule has 0 amide bonds. The first kappa shape index (κ1) is 19.1. The van der Waals surface area contributed by atoms with Crippen molar-refractivity contribution >= 4 is 5.69 Å². The summed E-state index contributed by atoms with van der Waals surface area (Å²) in [4.78, 5) is 9.24. The third-order valence-electron chi connectivity index (χ3n) is 7.72. The maximum absolute atomic E-state index is 12.3. The minimum atomic E-state index is -1.05. The molecule has 154 valence electrons. The highest BCUT2D eigenvalue weighted by Gasteiger charge is 2.55. The zero-order chi connectivity index (χ0) is 20.3. The Kier molecular flexibility index (Phi) is 4.31. The molecule has 2 saturated heterocycles. The standard InChI is InChI=1S/C25H33N3O/c1-23(10-11-23)19-6-8-20(9-7-19)25(29,24(2)17-27(3)18-24)21-14-22(16-26-15-21)28-12-4-5-13-28/h6-9,14-16,29H,4-5,10-13,17-18H2,1-3H3. The molecule has 0 spiro atoms. The summed E-state index contributed by atoms with van der Waals surface area (Å²) in [7, 11) is 2.12. The summed E-state index contributed by atoms with van der Waals surface area (Å²) >= 11 is 0. The van der Waals surface area contributed by atoms with Crippen LogP contribution in [0.3, 0.4) is 0 Å². The van der Waals surface area contributed by atoms with Gasteiger partial charge in [-0.15, -0.1) is 0 Å². The van der Waals surface area contributed by atoms with Gasteiger partial charge >= 0.3 is 0 Å². The van der Waals surface area contributed by atoms with Gasteiger partial charge < -0.3 is 14.9 Å². The quantitative estimate of drug-likeness (QED) is 0.839. The Hall–Kier alpha value is -1.91. The van der Waals surface area contributed by atoms with Gasteiger partial charge in [-0.3, -0.25) is 4.98 Å². The van der Waals surface area contributed by atoms with E-state index in [0.717, 1.165) is 43.0 Å². The summed E-state index contributed by atoms with van der Waals surface area (Å²) in [6.07, 6.45) is 8.82. The van der Waals surface area contributed by atoms with Crippen LogP contribution in [-0.4, -0.2) is 48.2 Å². The first-order chi connectivity index (χ1) is 13.8. The molecule has 1 N–H and O–H groups in total. The number of hydrogen-bond acceptors (Lipinski definition) is 4. The Morgan fingerprint density at radius 1 is 0.966 bits per heavy atom. The second-order valence-corrected chi connectivity index (χ2v) is 10.2. The summed E-state index contributed by atoms with van der Waals surface area (Å²) in [5.41, 5.74) is 3.49. The van der Waals surface area contributed by atoms with Gasteiger partial charge in [-0.05, 0) is 55.3 Å². The fourth-order valence-corrected chi connectivity index (χ4v) is 5.60. The number of benzene rings is 1. The van der Waals surface area contributed by atoms with Crippen molar-refractivity contribution < 1.29 is 5.11 Å². The monoisotopic (exact) mass is 391 g/mol. The van der Waals surface area contributed by atoms with Crippen LogP contribution in [-0.2, 0) is 11.0 Å². The lowest BCUT2D eigenvalue weighted by Gasteiger charge is -2.56. The van der Waals surface area contributed by atoms with Gasteiger partial charge in [-0.1, -0.05) is 38.1 Å². The van der Waals surface area contributed by atoms with E-state index in [1.54, 1.807) is 0 Å². The van der Waals surface area contributed by atoms with Crippen LogP contribution in [0.15, 0.2) is 42.7 Å². The van der Waals surface area contributed by atoms with E-state index in [1.165, 1.54) is 31.2 Å². The number of aromatic nitrogens is 1. The molecular formula is C25H33N3O. The number of anilines is 1. The highest BCUT2D eigenvalue weighted by atomic mass is 16.3. The van der Waals surface area contributed by atoms with E-state index in [2.05, 4.69) is 66.0 Å². The lowest BCUT2D eigenvalue weighted by atomic mass is 9.62. The highest BCUT2D eigenvalue weighted by Crippen LogP contribution is 2.52. The van der Waals surface area contributed by atoms with Crippen molar-refractivity contribution in [3.8, 4) is 0 Å². The van der Waals surface area contributed by atoms with Crippen LogP contribution in [0.4, 0.5) is 5.69 Å². The van der Waals surface area contributed by atoms with E-state index in [-0.39, 0.29) is 5.41 Å². The smallest absolute Gasteiger partial charge is 0.124 e. The largest absolute Gasteiger partial charge is 0.380 e. The van der Waals surface area contributed by atoms with E-state index < -0.39 is 5.60 Å². The Balaban J connectivity index is 1.57. The Morgan fingerprint density at radius 2 is 1.62 bits per heavy atom. The fourth-order valence-electron chi connectivity index (χ4n) is 5.60. The number of rotatable bonds is 5. The van der Waals surface area contributed by atoms with Crippen LogP contribution in [0.5, 0.6) is 0 Å². The molecule has 0 radical (unpaired) electrons. The van der Waals surface area contributed by atoms with E-state index in [4.69, 9.17) is 0 Å². The van der Waals surface area contributed by atoms with Gasteiger partial charge in [0, 0.05) is 43.4 Å². The molecule has 1 saturated carbocycles. The molecule has 2 aliphatic heterocycles. The number of pyridine rings is 1. The SMILES string of the molecule is CN1CC(C)(C(O)(c2ccc(C3(C)CC3)cc2)c2cncc(N3CCCC3)c2)C1. The second kappa shape index (κ2) is 6.55. The Morgan fingerprint density at radius 3 is 2.21 bits per heavy atom. The maximum Gasteiger partial charge on any atom is 0.124 e. The third kappa shape index (κ3) is 3.00. The number of likely N-dealkylation sites (tertiary alicyclic amines) is 1. The van der Waals surface area contributed by atoms with Crippen molar-refractivity contribution in [3.63, 3.8) is 0 Å². The van der Waals surface area contributed by atoms with Gasteiger partial charge in [-0.2, -0.15) is 0 Å². The zero-order valence-corrected chi connectivity index (χ0v) is 18.0. The van der Waals surface area contributed by atoms with Crippen molar-refractivity contribution in [2.24, 2.45) is 5.41 Å². The molecule has 1 aliphatic carbocycles. The van der Waals surface area contributed by atoms with Crippen molar-refractivity contribution in [1.82, 2.24) is 9.88 Å². The maximum atomic E-state index is 12.3. The zero-order valence-electron chi connectivity index (χ0n) is 18.0. The molecule has 1 unspecified atom stereocenters. The van der Waals surface area contributed by atoms with E-state index >= 15 is 0 Å². The van der Waals surface area contributed by atoms with Crippen molar-refractivity contribution in [3.05, 3.63) is 59.4 Å². The van der Waals surface area contributed by atoms with Gasteiger partial charge in [0.2, 0.25) is 0 Å². The molecule has 2 aromatic rings. The number of aliphatic hydroxyl groups is 1. The summed E-state index contributed by atoms with van der Waals surface area (Å²) in [5, 5.41) is 12.3. The molecule has 3 aliphatic rings. The van der Waals surface area contributed by atoms with Crippen LogP contribution in [0.25, 0.3) is 0 Å². The minimum Gasteiger partial charge on any atom is -0.380 e. The number of nitrogens with zero attached hydrogens (tertiary/aromatic N) is 3.